The standard InChI is InChI=1S/C13H25NO3S/c1-13(2,3)18(16,17)8-7-12(15)10-5-4-6-11(14)9-10/h10-11H,4-9,14H2,1-3H3. The second kappa shape index (κ2) is 5.70. The van der Waals surface area contributed by atoms with Crippen LogP contribution in [0.1, 0.15) is 52.9 Å². The Hall–Kier alpha value is -0.420. The van der Waals surface area contributed by atoms with Crippen molar-refractivity contribution >= 4 is 15.6 Å². The summed E-state index contributed by atoms with van der Waals surface area (Å²) < 4.78 is 23.1. The number of ketones is 1. The summed E-state index contributed by atoms with van der Waals surface area (Å²) in [4.78, 5) is 12.0. The third-order valence-corrected chi connectivity index (χ3v) is 6.33. The van der Waals surface area contributed by atoms with E-state index in [1.165, 1.54) is 0 Å². The topological polar surface area (TPSA) is 77.2 Å². The molecule has 0 saturated heterocycles. The minimum Gasteiger partial charge on any atom is -0.328 e. The number of rotatable bonds is 4. The number of hydrogen-bond donors (Lipinski definition) is 1. The predicted molar refractivity (Wildman–Crippen MR) is 73.1 cm³/mol. The third kappa shape index (κ3) is 4.05. The molecule has 0 aromatic heterocycles. The average molecular weight is 275 g/mol. The Balaban J connectivity index is 2.51. The fraction of sp³-hybridized carbons (Fsp3) is 0.923. The van der Waals surface area contributed by atoms with Crippen molar-refractivity contribution < 1.29 is 13.2 Å². The summed E-state index contributed by atoms with van der Waals surface area (Å²) in [5.41, 5.74) is 5.84. The molecule has 0 radical (unpaired) electrons. The number of nitrogens with two attached hydrogens (primary N) is 1. The normalized spacial score (nSPS) is 26.0. The molecule has 1 saturated carbocycles. The highest BCUT2D eigenvalue weighted by molar-refractivity contribution is 7.92. The van der Waals surface area contributed by atoms with Gasteiger partial charge < -0.3 is 5.73 Å². The van der Waals surface area contributed by atoms with Gasteiger partial charge in [0.2, 0.25) is 0 Å². The van der Waals surface area contributed by atoms with Gasteiger partial charge in [0.05, 0.1) is 10.5 Å². The monoisotopic (exact) mass is 275 g/mol. The Kier molecular flexibility index (Phi) is 4.95. The lowest BCUT2D eigenvalue weighted by molar-refractivity contribution is -0.123. The van der Waals surface area contributed by atoms with Crippen LogP contribution in [0.2, 0.25) is 0 Å². The zero-order valence-electron chi connectivity index (χ0n) is 11.6. The molecule has 1 rings (SSSR count). The fourth-order valence-electron chi connectivity index (χ4n) is 2.27. The van der Waals surface area contributed by atoms with Crippen molar-refractivity contribution in [3.8, 4) is 0 Å². The van der Waals surface area contributed by atoms with E-state index < -0.39 is 14.6 Å². The van der Waals surface area contributed by atoms with E-state index in [0.717, 1.165) is 19.3 Å². The Bertz CT molecular complexity index is 395. The first kappa shape index (κ1) is 15.6. The Morgan fingerprint density at radius 2 is 1.89 bits per heavy atom. The van der Waals surface area contributed by atoms with Gasteiger partial charge in [-0.15, -0.1) is 0 Å². The maximum absolute atomic E-state index is 12.0. The fourth-order valence-corrected chi connectivity index (χ4v) is 3.35. The van der Waals surface area contributed by atoms with Crippen LogP contribution in [0, 0.1) is 5.92 Å². The number of carbonyl (C=O) groups excluding carboxylic acids is 1. The van der Waals surface area contributed by atoms with Crippen molar-refractivity contribution in [3.05, 3.63) is 0 Å². The van der Waals surface area contributed by atoms with Gasteiger partial charge in [-0.3, -0.25) is 4.79 Å². The molecule has 0 bridgehead atoms. The Labute approximate surface area is 110 Å². The van der Waals surface area contributed by atoms with Crippen LogP contribution in [-0.2, 0) is 14.6 Å². The smallest absolute Gasteiger partial charge is 0.155 e. The summed E-state index contributed by atoms with van der Waals surface area (Å²) in [6, 6.07) is 0.104. The number of carbonyl (C=O) groups is 1. The van der Waals surface area contributed by atoms with E-state index in [-0.39, 0.29) is 29.9 Å². The molecule has 1 aliphatic carbocycles. The highest BCUT2D eigenvalue weighted by atomic mass is 32.2. The molecule has 0 aromatic carbocycles. The van der Waals surface area contributed by atoms with Crippen LogP contribution < -0.4 is 5.73 Å². The molecule has 0 amide bonds. The van der Waals surface area contributed by atoms with Gasteiger partial charge in [-0.1, -0.05) is 6.42 Å². The molecule has 0 spiro atoms. The van der Waals surface area contributed by atoms with Gasteiger partial charge in [-0.05, 0) is 40.0 Å². The van der Waals surface area contributed by atoms with Crippen molar-refractivity contribution in [1.82, 2.24) is 0 Å². The van der Waals surface area contributed by atoms with Gasteiger partial charge in [-0.25, -0.2) is 8.42 Å². The molecule has 0 aliphatic heterocycles. The van der Waals surface area contributed by atoms with Crippen LogP contribution in [0.4, 0.5) is 0 Å². The van der Waals surface area contributed by atoms with Crippen LogP contribution in [0.3, 0.4) is 0 Å². The van der Waals surface area contributed by atoms with Gasteiger partial charge in [0.25, 0.3) is 0 Å². The molecule has 2 atom stereocenters. The van der Waals surface area contributed by atoms with E-state index in [1.54, 1.807) is 20.8 Å². The number of hydrogen-bond acceptors (Lipinski definition) is 4. The van der Waals surface area contributed by atoms with Crippen LogP contribution in [0.15, 0.2) is 0 Å². The quantitative estimate of drug-likeness (QED) is 0.846. The molecule has 1 fully saturated rings. The lowest BCUT2D eigenvalue weighted by atomic mass is 9.83. The summed E-state index contributed by atoms with van der Waals surface area (Å²) in [7, 11) is -3.20. The summed E-state index contributed by atoms with van der Waals surface area (Å²) in [5, 5.41) is 0. The van der Waals surface area contributed by atoms with E-state index in [9.17, 15) is 13.2 Å². The molecule has 18 heavy (non-hydrogen) atoms. The van der Waals surface area contributed by atoms with Crippen molar-refractivity contribution in [2.45, 2.75) is 63.7 Å². The van der Waals surface area contributed by atoms with Crippen LogP contribution in [0.25, 0.3) is 0 Å². The highest BCUT2D eigenvalue weighted by Crippen LogP contribution is 2.25. The highest BCUT2D eigenvalue weighted by Gasteiger charge is 2.31. The van der Waals surface area contributed by atoms with Crippen LogP contribution in [0.5, 0.6) is 0 Å². The van der Waals surface area contributed by atoms with Crippen molar-refractivity contribution in [3.63, 3.8) is 0 Å². The summed E-state index contributed by atoms with van der Waals surface area (Å²) >= 11 is 0. The molecular formula is C13H25NO3S. The van der Waals surface area contributed by atoms with Gasteiger partial charge in [-0.2, -0.15) is 0 Å². The first-order valence-electron chi connectivity index (χ1n) is 6.64. The predicted octanol–water partition coefficient (Wildman–Crippen LogP) is 1.68. The minimum atomic E-state index is -3.20. The molecule has 1 aliphatic rings. The molecule has 0 heterocycles. The maximum Gasteiger partial charge on any atom is 0.155 e. The van der Waals surface area contributed by atoms with Crippen molar-refractivity contribution in [2.75, 3.05) is 5.75 Å². The summed E-state index contributed by atoms with van der Waals surface area (Å²) in [6.45, 7) is 5.01. The SMILES string of the molecule is CC(C)(C)S(=O)(=O)CCC(=O)C1CCCC(N)C1. The molecular weight excluding hydrogens is 250 g/mol. The number of Topliss-reactive ketones (excluding diaryl/α,β-unsaturated/α-hetero) is 1. The summed E-state index contributed by atoms with van der Waals surface area (Å²) in [6.07, 6.45) is 3.67. The van der Waals surface area contributed by atoms with Gasteiger partial charge in [0, 0.05) is 18.4 Å². The average Bonchev–Trinajstić information content (AvgIpc) is 2.24. The van der Waals surface area contributed by atoms with E-state index in [1.807, 2.05) is 0 Å². The molecule has 0 aromatic rings. The second-order valence-corrected chi connectivity index (χ2v) is 9.13. The van der Waals surface area contributed by atoms with Gasteiger partial charge >= 0.3 is 0 Å². The van der Waals surface area contributed by atoms with E-state index >= 15 is 0 Å². The van der Waals surface area contributed by atoms with E-state index in [2.05, 4.69) is 0 Å². The van der Waals surface area contributed by atoms with E-state index in [0.29, 0.717) is 6.42 Å². The lowest BCUT2D eigenvalue weighted by Crippen LogP contribution is -2.34. The first-order valence-corrected chi connectivity index (χ1v) is 8.29. The number of sulfone groups is 1. The van der Waals surface area contributed by atoms with Gasteiger partial charge in [0.1, 0.15) is 5.78 Å². The van der Waals surface area contributed by atoms with Crippen LogP contribution in [-0.4, -0.2) is 30.7 Å². The zero-order valence-corrected chi connectivity index (χ0v) is 12.4. The maximum atomic E-state index is 12.0. The summed E-state index contributed by atoms with van der Waals surface area (Å²) in [5.74, 6) is 0.00282. The van der Waals surface area contributed by atoms with Crippen molar-refractivity contribution in [1.29, 1.82) is 0 Å². The third-order valence-electron chi connectivity index (χ3n) is 3.72. The van der Waals surface area contributed by atoms with E-state index in [4.69, 9.17) is 5.73 Å². The second-order valence-electron chi connectivity index (χ2n) is 6.27. The Morgan fingerprint density at radius 1 is 1.28 bits per heavy atom. The molecule has 2 N–H and O–H groups in total. The minimum absolute atomic E-state index is 0.0241. The van der Waals surface area contributed by atoms with Gasteiger partial charge in [0.15, 0.2) is 9.84 Å². The molecule has 2 unspecified atom stereocenters. The Morgan fingerprint density at radius 3 is 2.39 bits per heavy atom. The molecule has 106 valence electrons. The first-order chi connectivity index (χ1) is 8.13. The molecule has 5 heteroatoms. The van der Waals surface area contributed by atoms with Crippen molar-refractivity contribution in [2.24, 2.45) is 11.7 Å². The lowest BCUT2D eigenvalue weighted by Gasteiger charge is -2.26. The van der Waals surface area contributed by atoms with Crippen LogP contribution >= 0.6 is 0 Å². The molecule has 4 nitrogen and oxygen atoms in total. The zero-order chi connectivity index (χ0) is 14.0. The largest absolute Gasteiger partial charge is 0.328 e.